The smallest absolute Gasteiger partial charge is 0.404 e. The third kappa shape index (κ3) is 10.2. The van der Waals surface area contributed by atoms with E-state index in [1.807, 2.05) is 0 Å². The monoisotopic (exact) mass is 447 g/mol. The molecular weight excluding hydrogens is 426 g/mol. The van der Waals surface area contributed by atoms with Gasteiger partial charge in [-0.05, 0) is 18.6 Å². The molecule has 0 aliphatic heterocycles. The number of anilines is 1. The number of halogens is 4. The summed E-state index contributed by atoms with van der Waals surface area (Å²) in [6.45, 7) is 3.44. The minimum Gasteiger partial charge on any atom is -0.404 e. The van der Waals surface area contributed by atoms with E-state index in [1.54, 1.807) is 6.07 Å². The van der Waals surface area contributed by atoms with E-state index >= 15 is 0 Å². The average molecular weight is 447 g/mol. The first-order valence-corrected chi connectivity index (χ1v) is 6.92. The molecule has 5 nitrogen and oxygen atoms in total. The summed E-state index contributed by atoms with van der Waals surface area (Å²) >= 11 is 0. The van der Waals surface area contributed by atoms with Gasteiger partial charge in [0.2, 0.25) is 0 Å². The Labute approximate surface area is 150 Å². The maximum atomic E-state index is 12.3. The fraction of sp³-hybridized carbons (Fsp3) is 0.500. The lowest BCUT2D eigenvalue weighted by atomic mass is 10.3. The molecule has 23 heavy (non-hydrogen) atoms. The van der Waals surface area contributed by atoms with Crippen LogP contribution in [0.4, 0.5) is 18.9 Å². The van der Waals surface area contributed by atoms with Crippen molar-refractivity contribution in [1.82, 2.24) is 0 Å². The highest BCUT2D eigenvalue weighted by molar-refractivity contribution is 14.0. The number of rotatable bonds is 8. The van der Waals surface area contributed by atoms with Crippen LogP contribution in [-0.2, 0) is 4.74 Å². The van der Waals surface area contributed by atoms with E-state index in [-0.39, 0.29) is 41.4 Å². The van der Waals surface area contributed by atoms with Gasteiger partial charge in [0.1, 0.15) is 0 Å². The molecule has 9 heteroatoms. The summed E-state index contributed by atoms with van der Waals surface area (Å²) in [7, 11) is 0. The van der Waals surface area contributed by atoms with Crippen molar-refractivity contribution in [2.45, 2.75) is 26.1 Å². The summed E-state index contributed by atoms with van der Waals surface area (Å²) in [5.74, 6) is -0.371. The van der Waals surface area contributed by atoms with Crippen molar-refractivity contribution in [2.75, 3.05) is 25.1 Å². The van der Waals surface area contributed by atoms with Crippen LogP contribution >= 0.6 is 24.0 Å². The first-order chi connectivity index (χ1) is 10.4. The van der Waals surface area contributed by atoms with Crippen molar-refractivity contribution >= 4 is 35.6 Å². The highest BCUT2D eigenvalue weighted by atomic mass is 127. The first kappa shape index (κ1) is 21.8. The lowest BCUT2D eigenvalue weighted by Crippen LogP contribution is -2.25. The number of nitrogens with two attached hydrogens (primary N) is 1. The third-order valence-electron chi connectivity index (χ3n) is 2.54. The van der Waals surface area contributed by atoms with Gasteiger partial charge in [-0.2, -0.15) is 0 Å². The van der Waals surface area contributed by atoms with Crippen LogP contribution < -0.4 is 15.8 Å². The molecule has 0 unspecified atom stereocenters. The van der Waals surface area contributed by atoms with Gasteiger partial charge in [-0.15, -0.1) is 37.1 Å². The van der Waals surface area contributed by atoms with Gasteiger partial charge < -0.3 is 20.5 Å². The summed E-state index contributed by atoms with van der Waals surface area (Å²) < 4.78 is 46.0. The predicted octanol–water partition coefficient (Wildman–Crippen LogP) is 3.75. The zero-order valence-corrected chi connectivity index (χ0v) is 15.1. The maximum absolute atomic E-state index is 12.3. The summed E-state index contributed by atoms with van der Waals surface area (Å²) in [5, 5.41) is 2.58. The molecule has 0 aliphatic rings. The molecule has 0 bridgehead atoms. The molecule has 0 atom stereocenters. The second kappa shape index (κ2) is 11.3. The van der Waals surface area contributed by atoms with Crippen molar-refractivity contribution in [1.29, 1.82) is 0 Å². The largest absolute Gasteiger partial charge is 0.573 e. The van der Waals surface area contributed by atoms with Gasteiger partial charge in [0.05, 0.1) is 18.8 Å². The number of ether oxygens (including phenoxy) is 2. The lowest BCUT2D eigenvalue weighted by Gasteiger charge is -2.14. The number of nitrogens with zero attached hydrogens (tertiary/aromatic N) is 1. The predicted molar refractivity (Wildman–Crippen MR) is 94.4 cm³/mol. The van der Waals surface area contributed by atoms with Crippen LogP contribution in [0.5, 0.6) is 5.75 Å². The van der Waals surface area contributed by atoms with Crippen molar-refractivity contribution in [3.05, 3.63) is 24.3 Å². The highest BCUT2D eigenvalue weighted by Gasteiger charge is 2.32. The van der Waals surface area contributed by atoms with Crippen molar-refractivity contribution < 1.29 is 22.6 Å². The zero-order valence-electron chi connectivity index (χ0n) is 12.7. The van der Waals surface area contributed by atoms with E-state index in [1.165, 1.54) is 18.2 Å². The molecule has 132 valence electrons. The molecule has 1 rings (SSSR count). The van der Waals surface area contributed by atoms with Crippen LogP contribution in [0.15, 0.2) is 29.3 Å². The van der Waals surface area contributed by atoms with E-state index in [2.05, 4.69) is 22.0 Å². The van der Waals surface area contributed by atoms with Crippen LogP contribution in [-0.4, -0.2) is 32.1 Å². The summed E-state index contributed by atoms with van der Waals surface area (Å²) in [5.41, 5.74) is 5.72. The minimum atomic E-state index is -4.77. The number of hydrogen-bond acceptors (Lipinski definition) is 3. The molecule has 0 aromatic heterocycles. The fourth-order valence-electron chi connectivity index (χ4n) is 1.54. The number of benzene rings is 1. The summed E-state index contributed by atoms with van der Waals surface area (Å²) in [6.07, 6.45) is -2.75. The third-order valence-corrected chi connectivity index (χ3v) is 2.54. The van der Waals surface area contributed by atoms with Gasteiger partial charge in [0.15, 0.2) is 11.7 Å². The van der Waals surface area contributed by atoms with Crippen LogP contribution in [0.2, 0.25) is 0 Å². The summed E-state index contributed by atoms with van der Waals surface area (Å²) in [6, 6.07) is 5.60. The van der Waals surface area contributed by atoms with Gasteiger partial charge in [-0.25, -0.2) is 0 Å². The molecule has 0 spiro atoms. The molecule has 1 aromatic carbocycles. The fourth-order valence-corrected chi connectivity index (χ4v) is 1.54. The van der Waals surface area contributed by atoms with Gasteiger partial charge in [-0.1, -0.05) is 25.5 Å². The van der Waals surface area contributed by atoms with Gasteiger partial charge >= 0.3 is 6.36 Å². The van der Waals surface area contributed by atoms with E-state index in [0.29, 0.717) is 19.8 Å². The molecule has 1 aromatic rings. The van der Waals surface area contributed by atoms with Crippen molar-refractivity contribution in [3.63, 3.8) is 0 Å². The van der Waals surface area contributed by atoms with E-state index in [9.17, 15) is 13.2 Å². The Kier molecular flexibility index (Phi) is 10.7. The molecular formula is C14H21F3IN3O2. The molecule has 0 saturated heterocycles. The Morgan fingerprint density at radius 3 is 2.61 bits per heavy atom. The highest BCUT2D eigenvalue weighted by Crippen LogP contribution is 2.29. The zero-order chi connectivity index (χ0) is 16.4. The van der Waals surface area contributed by atoms with E-state index in [0.717, 1.165) is 12.8 Å². The second-order valence-electron chi connectivity index (χ2n) is 4.40. The Balaban J connectivity index is 0.00000484. The SMILES string of the molecule is CCCCOCCN=C(N)Nc1ccccc1OC(F)(F)F.I. The van der Waals surface area contributed by atoms with Gasteiger partial charge in [0, 0.05) is 6.61 Å². The molecule has 3 N–H and O–H groups in total. The van der Waals surface area contributed by atoms with Crippen molar-refractivity contribution in [3.8, 4) is 5.75 Å². The molecule has 0 aliphatic carbocycles. The van der Waals surface area contributed by atoms with E-state index < -0.39 is 6.36 Å². The Hall–Kier alpha value is -1.23. The van der Waals surface area contributed by atoms with Crippen LogP contribution in [0, 0.1) is 0 Å². The number of nitrogens with one attached hydrogen (secondary N) is 1. The second-order valence-corrected chi connectivity index (χ2v) is 4.40. The Morgan fingerprint density at radius 2 is 1.96 bits per heavy atom. The molecule has 0 radical (unpaired) electrons. The number of hydrogen-bond donors (Lipinski definition) is 2. The minimum absolute atomic E-state index is 0. The Morgan fingerprint density at radius 1 is 1.26 bits per heavy atom. The number of guanidine groups is 1. The van der Waals surface area contributed by atoms with Gasteiger partial charge in [-0.3, -0.25) is 4.99 Å². The number of para-hydroxylation sites is 2. The van der Waals surface area contributed by atoms with E-state index in [4.69, 9.17) is 10.5 Å². The topological polar surface area (TPSA) is 68.9 Å². The quantitative estimate of drug-likeness (QED) is 0.276. The van der Waals surface area contributed by atoms with Gasteiger partial charge in [0.25, 0.3) is 0 Å². The molecule has 0 saturated carbocycles. The van der Waals surface area contributed by atoms with Crippen LogP contribution in [0.3, 0.4) is 0 Å². The number of aliphatic imine (C=N–C) groups is 1. The molecule has 0 heterocycles. The average Bonchev–Trinajstić information content (AvgIpc) is 2.43. The number of alkyl halides is 3. The van der Waals surface area contributed by atoms with Crippen molar-refractivity contribution in [2.24, 2.45) is 10.7 Å². The summed E-state index contributed by atoms with van der Waals surface area (Å²) in [4.78, 5) is 3.98. The first-order valence-electron chi connectivity index (χ1n) is 6.92. The van der Waals surface area contributed by atoms with Crippen LogP contribution in [0.25, 0.3) is 0 Å². The molecule has 0 amide bonds. The standard InChI is InChI=1S/C14H20F3N3O2.HI/c1-2-3-9-21-10-8-19-13(18)20-11-6-4-5-7-12(11)22-14(15,16)17;/h4-7H,2-3,8-10H2,1H3,(H3,18,19,20);1H. The maximum Gasteiger partial charge on any atom is 0.573 e. The molecule has 0 fully saturated rings. The lowest BCUT2D eigenvalue weighted by molar-refractivity contribution is -0.274. The Bertz CT molecular complexity index is 485. The van der Waals surface area contributed by atoms with Crippen LogP contribution in [0.1, 0.15) is 19.8 Å². The number of unbranched alkanes of at least 4 members (excludes halogenated alkanes) is 1. The normalized spacial score (nSPS) is 11.7.